The minimum Gasteiger partial charge on any atom is -0.380 e. The van der Waals surface area contributed by atoms with Crippen molar-refractivity contribution in [2.75, 3.05) is 32.8 Å². The molecule has 10 heteroatoms. The smallest absolute Gasteiger partial charge is 0.380 e. The van der Waals surface area contributed by atoms with Gasteiger partial charge < -0.3 is 9.64 Å². The van der Waals surface area contributed by atoms with E-state index in [0.29, 0.717) is 61.7 Å². The zero-order chi connectivity index (χ0) is 22.9. The minimum atomic E-state index is -4.45. The van der Waals surface area contributed by atoms with Crippen LogP contribution in [-0.4, -0.2) is 79.5 Å². The monoisotopic (exact) mass is 447 g/mol. The summed E-state index contributed by atoms with van der Waals surface area (Å²) in [5.74, 6) is -0.831. The van der Waals surface area contributed by atoms with Crippen LogP contribution in [0.1, 0.15) is 12.8 Å². The van der Waals surface area contributed by atoms with E-state index in [4.69, 9.17) is 4.74 Å². The van der Waals surface area contributed by atoms with Crippen LogP contribution in [0.5, 0.6) is 0 Å². The van der Waals surface area contributed by atoms with Crippen molar-refractivity contribution in [2.45, 2.75) is 25.1 Å². The fourth-order valence-electron chi connectivity index (χ4n) is 4.32. The van der Waals surface area contributed by atoms with Crippen molar-refractivity contribution in [1.82, 2.24) is 9.91 Å². The summed E-state index contributed by atoms with van der Waals surface area (Å²) in [5, 5.41) is 5.32. The van der Waals surface area contributed by atoms with Gasteiger partial charge in [-0.1, -0.05) is 18.7 Å². The second-order valence-corrected chi connectivity index (χ2v) is 7.85. The molecule has 1 saturated heterocycles. The minimum absolute atomic E-state index is 0.130. The van der Waals surface area contributed by atoms with Gasteiger partial charge >= 0.3 is 6.18 Å². The standard InChI is InChI=1S/C22H24F3N5O2/c1-3-14-15(5-6-17(14)26-2)20-16-12-27-18(21(31)29-7-4-9-32-10-8-29)11-19(16)30(28-20)13-22(23,24)25/h3,5,11-12,16,19H,1-2,4,6-10,13H2. The Bertz CT molecular complexity index is 969. The van der Waals surface area contributed by atoms with Crippen molar-refractivity contribution in [1.29, 1.82) is 0 Å². The van der Waals surface area contributed by atoms with Crippen molar-refractivity contribution in [3.8, 4) is 0 Å². The van der Waals surface area contributed by atoms with Crippen LogP contribution in [0.3, 0.4) is 0 Å². The molecule has 0 aromatic heterocycles. The van der Waals surface area contributed by atoms with Gasteiger partial charge in [-0.3, -0.25) is 19.8 Å². The van der Waals surface area contributed by atoms with Crippen molar-refractivity contribution in [3.05, 3.63) is 47.3 Å². The molecule has 0 spiro atoms. The van der Waals surface area contributed by atoms with Gasteiger partial charge in [0.15, 0.2) is 0 Å². The Morgan fingerprint density at radius 3 is 2.88 bits per heavy atom. The first-order valence-electron chi connectivity index (χ1n) is 10.4. The van der Waals surface area contributed by atoms with E-state index < -0.39 is 24.7 Å². The third-order valence-corrected chi connectivity index (χ3v) is 5.81. The molecule has 4 aliphatic rings. The molecule has 0 aromatic carbocycles. The molecule has 0 bridgehead atoms. The molecule has 0 radical (unpaired) electrons. The van der Waals surface area contributed by atoms with E-state index in [-0.39, 0.29) is 11.6 Å². The predicted octanol–water partition coefficient (Wildman–Crippen LogP) is 2.89. The van der Waals surface area contributed by atoms with Gasteiger partial charge in [-0.15, -0.1) is 0 Å². The van der Waals surface area contributed by atoms with Crippen molar-refractivity contribution in [3.63, 3.8) is 0 Å². The van der Waals surface area contributed by atoms with Crippen LogP contribution in [0.2, 0.25) is 0 Å². The van der Waals surface area contributed by atoms with Gasteiger partial charge in [0.2, 0.25) is 0 Å². The van der Waals surface area contributed by atoms with Gasteiger partial charge in [0.25, 0.3) is 5.91 Å². The molecule has 2 unspecified atom stereocenters. The lowest BCUT2D eigenvalue weighted by Gasteiger charge is -2.28. The van der Waals surface area contributed by atoms with Crippen LogP contribution in [0, 0.1) is 5.92 Å². The lowest BCUT2D eigenvalue weighted by molar-refractivity contribution is -0.148. The Hall–Kier alpha value is -3.01. The van der Waals surface area contributed by atoms with Crippen molar-refractivity contribution in [2.24, 2.45) is 21.0 Å². The normalized spacial score (nSPS) is 25.8. The summed E-state index contributed by atoms with van der Waals surface area (Å²) < 4.78 is 45.3. The summed E-state index contributed by atoms with van der Waals surface area (Å²) >= 11 is 0. The first-order valence-corrected chi connectivity index (χ1v) is 10.4. The Labute approximate surface area is 184 Å². The number of allylic oxidation sites excluding steroid dienone is 4. The van der Waals surface area contributed by atoms with Crippen LogP contribution < -0.4 is 0 Å². The summed E-state index contributed by atoms with van der Waals surface area (Å²) in [6.45, 7) is 8.06. The maximum absolute atomic E-state index is 13.3. The van der Waals surface area contributed by atoms with Gasteiger partial charge in [-0.25, -0.2) is 0 Å². The predicted molar refractivity (Wildman–Crippen MR) is 116 cm³/mol. The third-order valence-electron chi connectivity index (χ3n) is 5.81. The zero-order valence-corrected chi connectivity index (χ0v) is 17.5. The summed E-state index contributed by atoms with van der Waals surface area (Å²) in [4.78, 5) is 22.9. The number of ether oxygens (including phenoxy) is 1. The highest BCUT2D eigenvalue weighted by Gasteiger charge is 2.44. The number of carbonyl (C=O) groups excluding carboxylic acids is 1. The van der Waals surface area contributed by atoms with Gasteiger partial charge in [0.05, 0.1) is 30.0 Å². The first-order chi connectivity index (χ1) is 15.3. The number of aliphatic imine (C=N–C) groups is 2. The fourth-order valence-corrected chi connectivity index (χ4v) is 4.32. The maximum atomic E-state index is 13.3. The number of hydrazone groups is 1. The highest BCUT2D eigenvalue weighted by atomic mass is 19.4. The molecule has 2 atom stereocenters. The largest absolute Gasteiger partial charge is 0.407 e. The number of nitrogens with zero attached hydrogens (tertiary/aromatic N) is 5. The van der Waals surface area contributed by atoms with E-state index in [1.165, 1.54) is 12.3 Å². The van der Waals surface area contributed by atoms with Crippen LogP contribution in [0.4, 0.5) is 13.2 Å². The molecular weight excluding hydrogens is 423 g/mol. The Kier molecular flexibility index (Phi) is 6.14. The lowest BCUT2D eigenvalue weighted by Crippen LogP contribution is -2.41. The zero-order valence-electron chi connectivity index (χ0n) is 17.5. The second kappa shape index (κ2) is 8.85. The van der Waals surface area contributed by atoms with Crippen LogP contribution in [0.15, 0.2) is 62.4 Å². The van der Waals surface area contributed by atoms with E-state index in [1.54, 1.807) is 11.0 Å². The maximum Gasteiger partial charge on any atom is 0.407 e. The van der Waals surface area contributed by atoms with Crippen molar-refractivity contribution < 1.29 is 22.7 Å². The van der Waals surface area contributed by atoms with E-state index in [1.807, 2.05) is 6.08 Å². The number of alkyl halides is 3. The Morgan fingerprint density at radius 2 is 2.16 bits per heavy atom. The quantitative estimate of drug-likeness (QED) is 0.609. The number of carbonyl (C=O) groups is 1. The Morgan fingerprint density at radius 1 is 1.34 bits per heavy atom. The van der Waals surface area contributed by atoms with E-state index in [2.05, 4.69) is 28.4 Å². The number of rotatable bonds is 5. The summed E-state index contributed by atoms with van der Waals surface area (Å²) in [5.41, 5.74) is 2.68. The molecule has 0 aromatic rings. The van der Waals surface area contributed by atoms with Gasteiger partial charge in [-0.05, 0) is 19.2 Å². The fraction of sp³-hybridized carbons (Fsp3) is 0.455. The SMILES string of the molecule is C=CC1=C(N=C)CC=C1C1=NN(CC(F)(F)F)C2C=C(C(=O)N3CCCOCC3)N=CC12. The molecular formula is C22H24F3N5O2. The summed E-state index contributed by atoms with van der Waals surface area (Å²) in [7, 11) is 0. The number of fused-ring (bicyclic) bond motifs is 1. The molecule has 7 nitrogen and oxygen atoms in total. The van der Waals surface area contributed by atoms with Crippen molar-refractivity contribution >= 4 is 24.6 Å². The van der Waals surface area contributed by atoms with E-state index >= 15 is 0 Å². The average Bonchev–Trinajstić information content (AvgIpc) is 3.20. The molecule has 0 N–H and O–H groups in total. The molecule has 32 heavy (non-hydrogen) atoms. The van der Waals surface area contributed by atoms with E-state index in [0.717, 1.165) is 5.01 Å². The van der Waals surface area contributed by atoms with Crippen LogP contribution in [0.25, 0.3) is 0 Å². The van der Waals surface area contributed by atoms with Gasteiger partial charge in [-0.2, -0.15) is 18.3 Å². The molecule has 1 aliphatic carbocycles. The lowest BCUT2D eigenvalue weighted by atomic mass is 9.87. The third kappa shape index (κ3) is 4.32. The molecule has 4 rings (SSSR count). The van der Waals surface area contributed by atoms with Gasteiger partial charge in [0, 0.05) is 43.5 Å². The summed E-state index contributed by atoms with van der Waals surface area (Å²) in [6.07, 6.45) is 3.26. The first kappa shape index (κ1) is 22.2. The average molecular weight is 447 g/mol. The number of halogens is 3. The highest BCUT2D eigenvalue weighted by molar-refractivity contribution is 6.15. The molecule has 3 heterocycles. The molecule has 3 aliphatic heterocycles. The van der Waals surface area contributed by atoms with Crippen LogP contribution in [-0.2, 0) is 9.53 Å². The molecule has 0 saturated carbocycles. The molecule has 170 valence electrons. The number of amides is 1. The van der Waals surface area contributed by atoms with E-state index in [9.17, 15) is 18.0 Å². The molecule has 1 fully saturated rings. The van der Waals surface area contributed by atoms with Gasteiger partial charge in [0.1, 0.15) is 12.2 Å². The second-order valence-electron chi connectivity index (χ2n) is 7.85. The highest BCUT2D eigenvalue weighted by Crippen LogP contribution is 2.38. The summed E-state index contributed by atoms with van der Waals surface area (Å²) in [6, 6.07) is -0.765. The van der Waals surface area contributed by atoms with Crippen LogP contribution >= 0.6 is 0 Å². The topological polar surface area (TPSA) is 69.9 Å². The number of hydrogen-bond acceptors (Lipinski definition) is 6. The Balaban J connectivity index is 1.64. The number of hydrogen-bond donors (Lipinski definition) is 0. The molecule has 1 amide bonds.